The van der Waals surface area contributed by atoms with Gasteiger partial charge in [-0.3, -0.25) is 9.59 Å². The average Bonchev–Trinajstić information content (AvgIpc) is 3.06. The predicted molar refractivity (Wildman–Crippen MR) is 177 cm³/mol. The third-order valence-corrected chi connectivity index (χ3v) is 11.8. The summed E-state index contributed by atoms with van der Waals surface area (Å²) in [5.74, 6) is -3.15. The lowest BCUT2D eigenvalue weighted by molar-refractivity contribution is -0.152. The van der Waals surface area contributed by atoms with Crippen LogP contribution in [0, 0.1) is 17.8 Å². The van der Waals surface area contributed by atoms with Crippen molar-refractivity contribution in [1.29, 1.82) is 0 Å². The van der Waals surface area contributed by atoms with E-state index in [0.717, 1.165) is 50.3 Å². The number of aliphatic hydroxyl groups is 2. The molecular weight excluding hydrogens is 644 g/mol. The third kappa shape index (κ3) is 6.38. The highest BCUT2D eigenvalue weighted by atomic mass is 35.5. The van der Waals surface area contributed by atoms with E-state index in [1.165, 1.54) is 11.0 Å². The van der Waals surface area contributed by atoms with Crippen LogP contribution in [-0.4, -0.2) is 92.3 Å². The van der Waals surface area contributed by atoms with Crippen LogP contribution < -0.4 is 9.44 Å². The summed E-state index contributed by atoms with van der Waals surface area (Å²) in [7, 11) is -1.63. The molecule has 3 aliphatic carbocycles. The molecule has 0 radical (unpaired) electrons. The highest BCUT2D eigenvalue weighted by Gasteiger charge is 2.56. The van der Waals surface area contributed by atoms with E-state index in [2.05, 4.69) is 4.90 Å². The van der Waals surface area contributed by atoms with Gasteiger partial charge in [-0.15, -0.1) is 0 Å². The summed E-state index contributed by atoms with van der Waals surface area (Å²) in [5.41, 5.74) is -0.902. The first-order chi connectivity index (χ1) is 22.4. The van der Waals surface area contributed by atoms with Crippen LogP contribution in [0.5, 0.6) is 0 Å². The molecule has 11 nitrogen and oxygen atoms in total. The first kappa shape index (κ1) is 33.7. The second-order valence-corrected chi connectivity index (χ2v) is 15.5. The number of allylic oxidation sites excluding steroid dienone is 2. The number of nitrogens with one attached hydrogen (secondary N) is 2. The van der Waals surface area contributed by atoms with Gasteiger partial charge in [0, 0.05) is 44.2 Å². The van der Waals surface area contributed by atoms with E-state index >= 15 is 0 Å². The molecule has 47 heavy (non-hydrogen) atoms. The van der Waals surface area contributed by atoms with Gasteiger partial charge in [0.25, 0.3) is 5.91 Å². The maximum absolute atomic E-state index is 14.3. The average molecular weight is 687 g/mol. The van der Waals surface area contributed by atoms with Gasteiger partial charge in [-0.05, 0) is 97.5 Å². The van der Waals surface area contributed by atoms with Gasteiger partial charge in [0.2, 0.25) is 5.91 Å². The van der Waals surface area contributed by atoms with Gasteiger partial charge >= 0.3 is 10.2 Å². The maximum Gasteiger partial charge on any atom is 0.301 e. The number of carbonyl (C=O) groups excluding carboxylic acids is 2. The normalized spacial score (nSPS) is 33.3. The number of halogens is 1. The highest BCUT2D eigenvalue weighted by molar-refractivity contribution is 7.88. The van der Waals surface area contributed by atoms with Crippen LogP contribution >= 0.6 is 11.6 Å². The molecule has 1 fully saturated rings. The molecule has 1 saturated carbocycles. The number of aliphatic hydroxyl groups excluding tert-OH is 1. The Labute approximate surface area is 281 Å². The molecule has 254 valence electrons. The Kier molecular flexibility index (Phi) is 9.36. The smallest absolute Gasteiger partial charge is 0.301 e. The number of rotatable bonds is 3. The number of carbonyl (C=O) groups is 2. The molecule has 1 aromatic carbocycles. The molecule has 6 aliphatic rings. The largest absolute Gasteiger partial charge is 0.496 e. The number of hydrogen-bond donors (Lipinski definition) is 4. The minimum Gasteiger partial charge on any atom is -0.496 e. The molecule has 4 bridgehead atoms. The molecule has 6 atom stereocenters. The van der Waals surface area contributed by atoms with Crippen LogP contribution in [0.4, 0.5) is 0 Å². The summed E-state index contributed by atoms with van der Waals surface area (Å²) in [5, 5.41) is 24.2. The highest BCUT2D eigenvalue weighted by Crippen LogP contribution is 2.45. The molecule has 0 aromatic heterocycles. The Bertz CT molecular complexity index is 1660. The fraction of sp³-hybridized carbons (Fsp3) is 0.529. The monoisotopic (exact) mass is 686 g/mol. The fourth-order valence-corrected chi connectivity index (χ4v) is 8.51. The molecule has 4 N–H and O–H groups in total. The summed E-state index contributed by atoms with van der Waals surface area (Å²) in [4.78, 5) is 31.8. The number of aryl methyl sites for hydroxylation is 1. The molecule has 3 aliphatic heterocycles. The van der Waals surface area contributed by atoms with Gasteiger partial charge in [-0.1, -0.05) is 35.9 Å². The molecule has 0 saturated heterocycles. The zero-order valence-corrected chi connectivity index (χ0v) is 28.3. The molecular formula is C34H43ClN4O7S. The minimum absolute atomic E-state index is 0.0503. The summed E-state index contributed by atoms with van der Waals surface area (Å²) < 4.78 is 35.6. The van der Waals surface area contributed by atoms with E-state index in [0.29, 0.717) is 24.5 Å². The van der Waals surface area contributed by atoms with Gasteiger partial charge in [0.1, 0.15) is 11.7 Å². The Hall–Kier alpha value is -3.16. The van der Waals surface area contributed by atoms with E-state index < -0.39 is 45.1 Å². The van der Waals surface area contributed by atoms with Crippen molar-refractivity contribution >= 4 is 33.6 Å². The van der Waals surface area contributed by atoms with Gasteiger partial charge in [-0.2, -0.15) is 8.42 Å². The van der Waals surface area contributed by atoms with E-state index in [1.54, 1.807) is 25.3 Å². The number of amides is 2. The van der Waals surface area contributed by atoms with Crippen molar-refractivity contribution in [2.24, 2.45) is 17.8 Å². The second kappa shape index (κ2) is 13.0. The van der Waals surface area contributed by atoms with Crippen LogP contribution in [-0.2, 0) is 36.4 Å². The first-order valence-corrected chi connectivity index (χ1v) is 18.1. The van der Waals surface area contributed by atoms with E-state index in [-0.39, 0.29) is 36.3 Å². The molecule has 1 spiro atoms. The zero-order chi connectivity index (χ0) is 33.6. The Morgan fingerprint density at radius 2 is 2.02 bits per heavy atom. The number of benzene rings is 1. The number of fused-ring (bicyclic) bond motifs is 4. The van der Waals surface area contributed by atoms with Gasteiger partial charge < -0.3 is 24.7 Å². The van der Waals surface area contributed by atoms with Gasteiger partial charge in [0.05, 0.1) is 12.7 Å². The lowest BCUT2D eigenvalue weighted by Crippen LogP contribution is -2.60. The third-order valence-electron chi connectivity index (χ3n) is 10.6. The van der Waals surface area contributed by atoms with Crippen LogP contribution in [0.15, 0.2) is 66.1 Å². The Morgan fingerprint density at radius 3 is 2.77 bits per heavy atom. The molecule has 1 unspecified atom stereocenters. The summed E-state index contributed by atoms with van der Waals surface area (Å²) >= 11 is 6.43. The lowest BCUT2D eigenvalue weighted by Gasteiger charge is -2.46. The summed E-state index contributed by atoms with van der Waals surface area (Å²) in [6.07, 6.45) is 14.3. The molecule has 13 heteroatoms. The lowest BCUT2D eigenvalue weighted by atomic mass is 9.68. The van der Waals surface area contributed by atoms with Crippen LogP contribution in [0.2, 0.25) is 5.02 Å². The van der Waals surface area contributed by atoms with Gasteiger partial charge in [-0.25, -0.2) is 9.44 Å². The van der Waals surface area contributed by atoms with Crippen LogP contribution in [0.1, 0.15) is 43.2 Å². The van der Waals surface area contributed by atoms with Crippen molar-refractivity contribution in [3.05, 3.63) is 82.3 Å². The zero-order valence-electron chi connectivity index (χ0n) is 26.7. The molecule has 7 rings (SSSR count). The number of nitrogens with zero attached hydrogens (tertiary/aromatic N) is 2. The topological polar surface area (TPSA) is 149 Å². The summed E-state index contributed by atoms with van der Waals surface area (Å²) in [6, 6.07) is 5.91. The number of ether oxygens (including phenoxy) is 1. The van der Waals surface area contributed by atoms with Gasteiger partial charge in [0.15, 0.2) is 5.60 Å². The van der Waals surface area contributed by atoms with Crippen LogP contribution in [0.25, 0.3) is 0 Å². The Balaban J connectivity index is 1.52. The maximum atomic E-state index is 14.3. The first-order valence-electron chi connectivity index (χ1n) is 16.2. The van der Waals surface area contributed by atoms with E-state index in [1.807, 2.05) is 39.9 Å². The molecule has 2 amide bonds. The Morgan fingerprint density at radius 1 is 1.21 bits per heavy atom. The molecule has 3 heterocycles. The van der Waals surface area contributed by atoms with Crippen molar-refractivity contribution in [1.82, 2.24) is 19.2 Å². The minimum atomic E-state index is -4.34. The van der Waals surface area contributed by atoms with Crippen molar-refractivity contribution in [3.63, 3.8) is 0 Å². The second-order valence-electron chi connectivity index (χ2n) is 13.5. The fourth-order valence-electron chi connectivity index (χ4n) is 7.82. The van der Waals surface area contributed by atoms with Crippen molar-refractivity contribution in [2.45, 2.75) is 55.6 Å². The summed E-state index contributed by atoms with van der Waals surface area (Å²) in [6.45, 7) is 1.51. The van der Waals surface area contributed by atoms with Crippen molar-refractivity contribution in [2.75, 3.05) is 40.3 Å². The predicted octanol–water partition coefficient (Wildman–Crippen LogP) is 2.32. The van der Waals surface area contributed by atoms with E-state index in [9.17, 15) is 28.2 Å². The SMILES string of the molecule is CNS(=O)(=O)NC(=O)[C@]1(O)C2=CC=C3OC[C@]4(CCCc5cc(Cl)ccc54)CN(C=C2)C[C@@H]2CC[C@H]2[C@@H](O)/C=C/CCN(C)C(=O)C31. The van der Waals surface area contributed by atoms with Crippen molar-refractivity contribution in [3.8, 4) is 0 Å². The standard InChI is InChI=1S/C34H43ClN4O7S/c1-36-47(44,45)37-32(42)34(43)24-9-13-29-30(34)31(41)38(2)16-4-3-7-28(40)26-11-8-23(26)19-39(17-14-24)20-33(21-46-29)15-5-6-22-18-25(35)10-12-27(22)33/h3,7,9-10,12-14,17-18,23,26,28,30,36,40,43H,4-6,8,11,15-16,19-21H2,1-2H3,(H,37,42)/b7-3+,17-14?/t23-,26+,28-,30?,33-,34-/m0/s1. The van der Waals surface area contributed by atoms with Crippen LogP contribution in [0.3, 0.4) is 0 Å². The van der Waals surface area contributed by atoms with E-state index in [4.69, 9.17) is 16.3 Å². The molecule has 1 aromatic rings. The quantitative estimate of drug-likeness (QED) is 0.354. The number of hydrogen-bond acceptors (Lipinski definition) is 8. The van der Waals surface area contributed by atoms with Crippen molar-refractivity contribution < 1.29 is 33.0 Å².